The molecule has 0 amide bonds. The molecular formula is C22H23ClN6OS. The summed E-state index contributed by atoms with van der Waals surface area (Å²) in [4.78, 5) is 0. The number of hydrogen-bond donors (Lipinski definition) is 0. The van der Waals surface area contributed by atoms with Crippen molar-refractivity contribution in [2.45, 2.75) is 27.4 Å². The standard InChI is InChI=1S/C22H23ClN6OS/c1-13-7-6-8-18(29-22(31)28(5)25-26-29)17(13)12-30-19-10-9-16(11-14(19)2)20-15(3)21(23)27(4)24-20/h6-11H,12H2,1-5H3. The van der Waals surface area contributed by atoms with Crippen LogP contribution in [0.3, 0.4) is 0 Å². The van der Waals surface area contributed by atoms with E-state index in [9.17, 15) is 0 Å². The minimum absolute atomic E-state index is 0.384. The Kier molecular flexibility index (Phi) is 5.68. The second kappa shape index (κ2) is 8.28. The van der Waals surface area contributed by atoms with Crippen LogP contribution in [-0.4, -0.2) is 29.6 Å². The number of aryl methyl sites for hydroxylation is 4. The van der Waals surface area contributed by atoms with Crippen LogP contribution in [0.5, 0.6) is 5.75 Å². The number of aromatic nitrogens is 6. The minimum Gasteiger partial charge on any atom is -0.489 e. The van der Waals surface area contributed by atoms with Crippen LogP contribution >= 0.6 is 23.8 Å². The first-order valence-electron chi connectivity index (χ1n) is 9.78. The van der Waals surface area contributed by atoms with Crippen molar-refractivity contribution in [3.8, 4) is 22.7 Å². The summed E-state index contributed by atoms with van der Waals surface area (Å²) in [6.45, 7) is 6.43. The van der Waals surface area contributed by atoms with Crippen molar-refractivity contribution in [1.82, 2.24) is 29.6 Å². The molecule has 0 aliphatic rings. The van der Waals surface area contributed by atoms with Gasteiger partial charge in [-0.1, -0.05) is 23.7 Å². The van der Waals surface area contributed by atoms with Crippen LogP contribution in [0.4, 0.5) is 0 Å². The number of tetrazole rings is 1. The quantitative estimate of drug-likeness (QED) is 0.401. The van der Waals surface area contributed by atoms with Gasteiger partial charge in [-0.25, -0.2) is 4.68 Å². The first-order valence-corrected chi connectivity index (χ1v) is 10.6. The van der Waals surface area contributed by atoms with Gasteiger partial charge in [0.15, 0.2) is 0 Å². The van der Waals surface area contributed by atoms with Crippen LogP contribution in [0.2, 0.25) is 5.15 Å². The third-order valence-corrected chi connectivity index (χ3v) is 6.32. The molecule has 0 unspecified atom stereocenters. The molecule has 2 aromatic heterocycles. The van der Waals surface area contributed by atoms with Gasteiger partial charge < -0.3 is 4.74 Å². The van der Waals surface area contributed by atoms with E-state index in [-0.39, 0.29) is 0 Å². The molecule has 4 aromatic rings. The molecule has 160 valence electrons. The van der Waals surface area contributed by atoms with Gasteiger partial charge in [-0.15, -0.1) is 0 Å². The molecule has 0 N–H and O–H groups in total. The highest BCUT2D eigenvalue weighted by molar-refractivity contribution is 7.71. The fourth-order valence-corrected chi connectivity index (χ4v) is 3.83. The van der Waals surface area contributed by atoms with Gasteiger partial charge in [-0.3, -0.25) is 4.68 Å². The molecule has 4 rings (SSSR count). The maximum Gasteiger partial charge on any atom is 0.220 e. The van der Waals surface area contributed by atoms with Crippen LogP contribution < -0.4 is 4.74 Å². The predicted molar refractivity (Wildman–Crippen MR) is 123 cm³/mol. The molecule has 0 saturated carbocycles. The third kappa shape index (κ3) is 3.88. The van der Waals surface area contributed by atoms with E-state index in [1.54, 1.807) is 21.1 Å². The van der Waals surface area contributed by atoms with Crippen molar-refractivity contribution < 1.29 is 4.74 Å². The Balaban J connectivity index is 1.63. The zero-order chi connectivity index (χ0) is 22.3. The zero-order valence-electron chi connectivity index (χ0n) is 18.0. The lowest BCUT2D eigenvalue weighted by atomic mass is 10.1. The summed E-state index contributed by atoms with van der Waals surface area (Å²) < 4.78 is 11.6. The normalized spacial score (nSPS) is 11.2. The average molecular weight is 455 g/mol. The van der Waals surface area contributed by atoms with Crippen molar-refractivity contribution in [1.29, 1.82) is 0 Å². The Morgan fingerprint density at radius 1 is 1.00 bits per heavy atom. The second-order valence-electron chi connectivity index (χ2n) is 7.53. The smallest absolute Gasteiger partial charge is 0.220 e. The van der Waals surface area contributed by atoms with E-state index in [2.05, 4.69) is 21.6 Å². The summed E-state index contributed by atoms with van der Waals surface area (Å²) in [5.41, 5.74) is 6.83. The van der Waals surface area contributed by atoms with Crippen molar-refractivity contribution in [2.75, 3.05) is 0 Å². The summed E-state index contributed by atoms with van der Waals surface area (Å²) in [5, 5.41) is 13.4. The van der Waals surface area contributed by atoms with Crippen molar-refractivity contribution >= 4 is 23.8 Å². The van der Waals surface area contributed by atoms with Crippen LogP contribution in [0, 0.1) is 25.5 Å². The zero-order valence-corrected chi connectivity index (χ0v) is 19.6. The molecule has 0 spiro atoms. The van der Waals surface area contributed by atoms with E-state index < -0.39 is 0 Å². The Hall–Kier alpha value is -2.97. The SMILES string of the molecule is Cc1cc(-c2nn(C)c(Cl)c2C)ccc1OCc1c(C)cccc1-n1nnn(C)c1=S. The summed E-state index contributed by atoms with van der Waals surface area (Å²) in [6, 6.07) is 12.0. The maximum absolute atomic E-state index is 6.28. The molecule has 0 aliphatic carbocycles. The van der Waals surface area contributed by atoms with E-state index >= 15 is 0 Å². The van der Waals surface area contributed by atoms with Gasteiger partial charge in [0.1, 0.15) is 17.5 Å². The molecule has 31 heavy (non-hydrogen) atoms. The molecule has 0 radical (unpaired) electrons. The fourth-order valence-electron chi connectivity index (χ4n) is 3.53. The molecule has 9 heteroatoms. The van der Waals surface area contributed by atoms with Gasteiger partial charge in [-0.2, -0.15) is 9.78 Å². The van der Waals surface area contributed by atoms with Gasteiger partial charge in [0.2, 0.25) is 4.77 Å². The monoisotopic (exact) mass is 454 g/mol. The van der Waals surface area contributed by atoms with E-state index in [0.717, 1.165) is 44.9 Å². The predicted octanol–water partition coefficient (Wildman–Crippen LogP) is 4.89. The van der Waals surface area contributed by atoms with Crippen molar-refractivity contribution in [2.24, 2.45) is 14.1 Å². The van der Waals surface area contributed by atoms with Crippen molar-refractivity contribution in [3.63, 3.8) is 0 Å². The van der Waals surface area contributed by atoms with Gasteiger partial charge in [0, 0.05) is 30.8 Å². The fraction of sp³-hybridized carbons (Fsp3) is 0.273. The van der Waals surface area contributed by atoms with Crippen LogP contribution in [0.25, 0.3) is 16.9 Å². The van der Waals surface area contributed by atoms with Crippen LogP contribution in [0.15, 0.2) is 36.4 Å². The maximum atomic E-state index is 6.28. The first kappa shape index (κ1) is 21.3. The van der Waals surface area contributed by atoms with E-state index in [1.165, 1.54) is 0 Å². The molecule has 0 atom stereocenters. The van der Waals surface area contributed by atoms with Gasteiger partial charge in [0.05, 0.1) is 11.4 Å². The van der Waals surface area contributed by atoms with Gasteiger partial charge >= 0.3 is 0 Å². The van der Waals surface area contributed by atoms with E-state index in [4.69, 9.17) is 28.6 Å². The molecule has 2 aromatic carbocycles. The molecule has 0 bridgehead atoms. The highest BCUT2D eigenvalue weighted by atomic mass is 35.5. The Bertz CT molecular complexity index is 1340. The molecule has 2 heterocycles. The van der Waals surface area contributed by atoms with Gasteiger partial charge in [-0.05, 0) is 78.8 Å². The lowest BCUT2D eigenvalue weighted by Crippen LogP contribution is -2.07. The molecule has 7 nitrogen and oxygen atoms in total. The Morgan fingerprint density at radius 3 is 2.39 bits per heavy atom. The number of nitrogens with zero attached hydrogens (tertiary/aromatic N) is 6. The first-order chi connectivity index (χ1) is 14.8. The molecule has 0 saturated heterocycles. The summed E-state index contributed by atoms with van der Waals surface area (Å²) in [7, 11) is 3.62. The van der Waals surface area contributed by atoms with Gasteiger partial charge in [0.25, 0.3) is 0 Å². The summed E-state index contributed by atoms with van der Waals surface area (Å²) >= 11 is 11.7. The number of rotatable bonds is 5. The largest absolute Gasteiger partial charge is 0.489 e. The third-order valence-electron chi connectivity index (χ3n) is 5.35. The molecule has 0 fully saturated rings. The summed E-state index contributed by atoms with van der Waals surface area (Å²) in [5.74, 6) is 0.806. The van der Waals surface area contributed by atoms with E-state index in [0.29, 0.717) is 16.5 Å². The number of benzene rings is 2. The second-order valence-corrected chi connectivity index (χ2v) is 8.25. The van der Waals surface area contributed by atoms with Crippen LogP contribution in [0.1, 0.15) is 22.3 Å². The highest BCUT2D eigenvalue weighted by Gasteiger charge is 2.15. The van der Waals surface area contributed by atoms with Crippen molar-refractivity contribution in [3.05, 3.63) is 68.6 Å². The van der Waals surface area contributed by atoms with E-state index in [1.807, 2.05) is 58.2 Å². The molecule has 0 aliphatic heterocycles. The lowest BCUT2D eigenvalue weighted by Gasteiger charge is -2.15. The number of ether oxygens (including phenoxy) is 1. The topological polar surface area (TPSA) is 62.7 Å². The average Bonchev–Trinajstić information content (AvgIpc) is 3.21. The Labute approximate surface area is 190 Å². The Morgan fingerprint density at radius 2 is 1.77 bits per heavy atom. The lowest BCUT2D eigenvalue weighted by molar-refractivity contribution is 0.302. The summed E-state index contributed by atoms with van der Waals surface area (Å²) in [6.07, 6.45) is 0. The minimum atomic E-state index is 0.384. The molecular weight excluding hydrogens is 432 g/mol. The highest BCUT2D eigenvalue weighted by Crippen LogP contribution is 2.31. The number of halogens is 1. The number of hydrogen-bond acceptors (Lipinski definition) is 5. The van der Waals surface area contributed by atoms with Crippen LogP contribution in [-0.2, 0) is 20.7 Å².